The maximum atomic E-state index is 10.0. The number of carbonyl (C=O) groups excluding carboxylic acids is 1. The number of hydrogen-bond donors (Lipinski definition) is 1. The van der Waals surface area contributed by atoms with Gasteiger partial charge >= 0.3 is 0 Å². The van der Waals surface area contributed by atoms with Crippen LogP contribution in [-0.2, 0) is 10.7 Å². The zero-order chi connectivity index (χ0) is 14.9. The molecule has 0 aliphatic carbocycles. The smallest absolute Gasteiger partial charge is 0.108 e. The minimum atomic E-state index is -1.20. The quantitative estimate of drug-likeness (QED) is 0.638. The molecule has 0 saturated carbocycles. The Balaban J connectivity index is 0.000000356. The average Bonchev–Trinajstić information content (AvgIpc) is 2.27. The Kier molecular flexibility index (Phi) is 8.39. The Hall–Kier alpha value is -1.10. The second kappa shape index (κ2) is 8.91. The van der Waals surface area contributed by atoms with Gasteiger partial charge < -0.3 is 19.5 Å². The maximum absolute atomic E-state index is 10.0. The van der Waals surface area contributed by atoms with Crippen molar-refractivity contribution in [1.82, 2.24) is 0 Å². The van der Waals surface area contributed by atoms with E-state index in [1.807, 2.05) is 51.5 Å². The van der Waals surface area contributed by atoms with Crippen LogP contribution in [0.1, 0.15) is 12.0 Å². The van der Waals surface area contributed by atoms with Crippen LogP contribution < -0.4 is 5.11 Å². The number of aliphatic carboxylic acids is 1. The molecule has 0 amide bonds. The molecule has 1 N–H and O–H groups in total. The third-order valence-corrected chi connectivity index (χ3v) is 2.47. The molecule has 0 radical (unpaired) electrons. The Morgan fingerprint density at radius 1 is 1.32 bits per heavy atom. The average molecular weight is 288 g/mol. The lowest BCUT2D eigenvalue weighted by molar-refractivity contribution is -0.873. The molecule has 1 aromatic rings. The van der Waals surface area contributed by atoms with Gasteiger partial charge in [0.25, 0.3) is 0 Å². The fraction of sp³-hybridized carbons (Fsp3) is 0.500. The van der Waals surface area contributed by atoms with Crippen LogP contribution in [0.2, 0.25) is 0 Å². The van der Waals surface area contributed by atoms with Crippen LogP contribution >= 0.6 is 11.6 Å². The van der Waals surface area contributed by atoms with Gasteiger partial charge in [-0.25, -0.2) is 0 Å². The number of aliphatic hydroxyl groups excluding tert-OH is 1. The molecular weight excluding hydrogens is 266 g/mol. The van der Waals surface area contributed by atoms with Gasteiger partial charge in [-0.2, -0.15) is 0 Å². The summed E-state index contributed by atoms with van der Waals surface area (Å²) in [5.74, 6) is -0.591. The molecule has 1 aromatic carbocycles. The SMILES string of the molecule is C[N+](C)(C)CC(O)CC(=O)[O-].ClCc1ccccc1. The molecule has 19 heavy (non-hydrogen) atoms. The number of aliphatic hydroxyl groups is 1. The van der Waals surface area contributed by atoms with Crippen LogP contribution in [-0.4, -0.2) is 49.4 Å². The van der Waals surface area contributed by atoms with Crippen LogP contribution in [0.25, 0.3) is 0 Å². The fourth-order valence-electron chi connectivity index (χ4n) is 1.46. The number of halogens is 1. The number of carboxylic acid groups (broad SMARTS) is 1. The van der Waals surface area contributed by atoms with Crippen molar-refractivity contribution in [3.63, 3.8) is 0 Å². The highest BCUT2D eigenvalue weighted by Gasteiger charge is 2.14. The van der Waals surface area contributed by atoms with Crippen LogP contribution in [0.5, 0.6) is 0 Å². The molecule has 1 rings (SSSR count). The first kappa shape index (κ1) is 17.9. The third-order valence-electron chi connectivity index (χ3n) is 2.16. The van der Waals surface area contributed by atoms with E-state index in [0.717, 1.165) is 0 Å². The predicted molar refractivity (Wildman–Crippen MR) is 74.5 cm³/mol. The van der Waals surface area contributed by atoms with Crippen molar-refractivity contribution in [1.29, 1.82) is 0 Å². The number of benzene rings is 1. The standard InChI is InChI=1S/C7H7Cl.C7H15NO3/c8-6-7-4-2-1-3-5-7;1-8(2,3)5-6(9)4-7(10)11/h1-5H,6H2;6,9H,4-5H2,1-3H3. The minimum Gasteiger partial charge on any atom is -0.550 e. The number of carbonyl (C=O) groups is 1. The first-order valence-electron chi connectivity index (χ1n) is 6.03. The predicted octanol–water partition coefficient (Wildman–Crippen LogP) is 0.619. The van der Waals surface area contributed by atoms with E-state index in [2.05, 4.69) is 0 Å². The Morgan fingerprint density at radius 2 is 1.84 bits per heavy atom. The Labute approximate surface area is 119 Å². The number of quaternary nitrogens is 1. The number of rotatable bonds is 5. The summed E-state index contributed by atoms with van der Waals surface area (Å²) in [6, 6.07) is 9.96. The summed E-state index contributed by atoms with van der Waals surface area (Å²) in [4.78, 5) is 10.0. The molecule has 0 fully saturated rings. The normalized spacial score (nSPS) is 12.3. The summed E-state index contributed by atoms with van der Waals surface area (Å²) in [5, 5.41) is 19.1. The summed E-state index contributed by atoms with van der Waals surface area (Å²) in [6.07, 6.45) is -1.09. The van der Waals surface area contributed by atoms with Crippen LogP contribution in [0.4, 0.5) is 0 Å². The molecular formula is C14H22ClNO3. The first-order valence-corrected chi connectivity index (χ1v) is 6.56. The largest absolute Gasteiger partial charge is 0.550 e. The van der Waals surface area contributed by atoms with Crippen molar-refractivity contribution in [2.75, 3.05) is 27.7 Å². The van der Waals surface area contributed by atoms with Gasteiger partial charge in [0.15, 0.2) is 0 Å². The van der Waals surface area contributed by atoms with E-state index in [-0.39, 0.29) is 6.42 Å². The molecule has 0 aliphatic rings. The molecule has 1 atom stereocenters. The number of likely N-dealkylation sites (N-methyl/N-ethyl adjacent to an activating group) is 1. The van der Waals surface area contributed by atoms with Crippen molar-refractivity contribution >= 4 is 17.6 Å². The number of carboxylic acids is 1. The fourth-order valence-corrected chi connectivity index (χ4v) is 1.63. The third kappa shape index (κ3) is 11.7. The topological polar surface area (TPSA) is 60.4 Å². The molecule has 0 spiro atoms. The minimum absolute atomic E-state index is 0.282. The van der Waals surface area contributed by atoms with E-state index < -0.39 is 12.1 Å². The molecule has 0 aliphatic heterocycles. The highest BCUT2D eigenvalue weighted by Crippen LogP contribution is 2.00. The van der Waals surface area contributed by atoms with Gasteiger partial charge in [-0.1, -0.05) is 30.3 Å². The van der Waals surface area contributed by atoms with Gasteiger partial charge in [-0.05, 0) is 5.56 Å². The van der Waals surface area contributed by atoms with Gasteiger partial charge in [0.1, 0.15) is 12.6 Å². The Morgan fingerprint density at radius 3 is 2.16 bits per heavy atom. The van der Waals surface area contributed by atoms with E-state index in [1.165, 1.54) is 5.56 Å². The molecule has 0 aromatic heterocycles. The molecule has 0 bridgehead atoms. The van der Waals surface area contributed by atoms with Crippen molar-refractivity contribution < 1.29 is 19.5 Å². The van der Waals surface area contributed by atoms with Crippen molar-refractivity contribution in [3.05, 3.63) is 35.9 Å². The van der Waals surface area contributed by atoms with Gasteiger partial charge in [0.05, 0.1) is 21.1 Å². The molecule has 5 heteroatoms. The molecule has 0 heterocycles. The van der Waals surface area contributed by atoms with Gasteiger partial charge in [-0.3, -0.25) is 0 Å². The first-order chi connectivity index (χ1) is 8.74. The van der Waals surface area contributed by atoms with E-state index >= 15 is 0 Å². The van der Waals surface area contributed by atoms with Crippen LogP contribution in [0.15, 0.2) is 30.3 Å². The summed E-state index contributed by atoms with van der Waals surface area (Å²) in [5.41, 5.74) is 1.18. The molecule has 0 saturated heterocycles. The van der Waals surface area contributed by atoms with Crippen LogP contribution in [0, 0.1) is 0 Å². The summed E-state index contributed by atoms with van der Waals surface area (Å²) in [6.45, 7) is 0.425. The highest BCUT2D eigenvalue weighted by molar-refractivity contribution is 6.17. The second-order valence-electron chi connectivity index (χ2n) is 5.32. The lowest BCUT2D eigenvalue weighted by Crippen LogP contribution is -2.43. The van der Waals surface area contributed by atoms with E-state index in [1.54, 1.807) is 0 Å². The summed E-state index contributed by atoms with van der Waals surface area (Å²) < 4.78 is 0.550. The van der Waals surface area contributed by atoms with Crippen molar-refractivity contribution in [3.8, 4) is 0 Å². The zero-order valence-corrected chi connectivity index (χ0v) is 12.4. The van der Waals surface area contributed by atoms with Crippen molar-refractivity contribution in [2.45, 2.75) is 18.4 Å². The monoisotopic (exact) mass is 287 g/mol. The second-order valence-corrected chi connectivity index (χ2v) is 5.59. The van der Waals surface area contributed by atoms with Gasteiger partial charge in [0.2, 0.25) is 0 Å². The lowest BCUT2D eigenvalue weighted by Gasteiger charge is -2.26. The molecule has 4 nitrogen and oxygen atoms in total. The Bertz CT molecular complexity index is 363. The highest BCUT2D eigenvalue weighted by atomic mass is 35.5. The summed E-state index contributed by atoms with van der Waals surface area (Å²) in [7, 11) is 5.66. The maximum Gasteiger partial charge on any atom is 0.108 e. The molecule has 108 valence electrons. The lowest BCUT2D eigenvalue weighted by atomic mass is 10.2. The number of hydrogen-bond acceptors (Lipinski definition) is 3. The van der Waals surface area contributed by atoms with E-state index in [4.69, 9.17) is 16.7 Å². The van der Waals surface area contributed by atoms with Crippen LogP contribution in [0.3, 0.4) is 0 Å². The van der Waals surface area contributed by atoms with Gasteiger partial charge in [-0.15, -0.1) is 11.6 Å². The zero-order valence-electron chi connectivity index (χ0n) is 11.7. The number of alkyl halides is 1. The summed E-state index contributed by atoms with van der Waals surface area (Å²) >= 11 is 5.53. The van der Waals surface area contributed by atoms with Gasteiger partial charge in [0, 0.05) is 18.3 Å². The number of nitrogens with zero attached hydrogens (tertiary/aromatic N) is 1. The molecule has 1 unspecified atom stereocenters. The van der Waals surface area contributed by atoms with E-state index in [0.29, 0.717) is 16.9 Å². The van der Waals surface area contributed by atoms with Crippen molar-refractivity contribution in [2.24, 2.45) is 0 Å². The van der Waals surface area contributed by atoms with E-state index in [9.17, 15) is 9.90 Å².